The minimum Gasteiger partial charge on any atom is -0.497 e. The van der Waals surface area contributed by atoms with Crippen LogP contribution in [0.2, 0.25) is 0 Å². The Morgan fingerprint density at radius 3 is 2.44 bits per heavy atom. The Morgan fingerprint density at radius 2 is 1.75 bits per heavy atom. The first kappa shape index (κ1) is 24.1. The van der Waals surface area contributed by atoms with Crippen molar-refractivity contribution in [2.45, 2.75) is 39.0 Å². The zero-order valence-corrected chi connectivity index (χ0v) is 21.2. The molecule has 2 aromatic carbocycles. The van der Waals surface area contributed by atoms with Gasteiger partial charge in [0.05, 0.1) is 44.2 Å². The van der Waals surface area contributed by atoms with E-state index in [4.69, 9.17) is 24.2 Å². The molecule has 0 N–H and O–H groups in total. The van der Waals surface area contributed by atoms with E-state index in [2.05, 4.69) is 18.7 Å². The number of hydrogen-bond acceptors (Lipinski definition) is 7. The summed E-state index contributed by atoms with van der Waals surface area (Å²) < 4.78 is 16.8. The lowest BCUT2D eigenvalue weighted by Crippen LogP contribution is -2.47. The maximum atomic E-state index is 13.6. The van der Waals surface area contributed by atoms with Crippen molar-refractivity contribution in [3.63, 3.8) is 0 Å². The van der Waals surface area contributed by atoms with Crippen LogP contribution in [0.25, 0.3) is 11.4 Å². The maximum Gasteiger partial charge on any atom is 0.257 e. The maximum absolute atomic E-state index is 13.6. The van der Waals surface area contributed by atoms with Crippen molar-refractivity contribution in [1.82, 2.24) is 14.9 Å². The number of hydrogen-bond donors (Lipinski definition) is 0. The van der Waals surface area contributed by atoms with Crippen molar-refractivity contribution in [1.29, 1.82) is 0 Å². The van der Waals surface area contributed by atoms with Crippen LogP contribution < -0.4 is 14.4 Å². The largest absolute Gasteiger partial charge is 0.497 e. The Balaban J connectivity index is 1.52. The molecule has 3 aromatic rings. The highest BCUT2D eigenvalue weighted by atomic mass is 16.5. The van der Waals surface area contributed by atoms with Gasteiger partial charge >= 0.3 is 0 Å². The van der Waals surface area contributed by atoms with Gasteiger partial charge in [-0.3, -0.25) is 4.79 Å². The molecule has 0 bridgehead atoms. The molecular formula is C28H32N4O4. The number of carbonyl (C=O) groups is 1. The number of nitrogens with zero attached hydrogens (tertiary/aromatic N) is 4. The fourth-order valence-electron chi connectivity index (χ4n) is 5.04. The third kappa shape index (κ3) is 4.73. The number of anilines is 1. The summed E-state index contributed by atoms with van der Waals surface area (Å²) in [6.07, 6.45) is 0.832. The van der Waals surface area contributed by atoms with Gasteiger partial charge in [0, 0.05) is 43.2 Å². The van der Waals surface area contributed by atoms with E-state index in [0.29, 0.717) is 42.4 Å². The van der Waals surface area contributed by atoms with Crippen molar-refractivity contribution in [2.24, 2.45) is 0 Å². The molecule has 1 fully saturated rings. The highest BCUT2D eigenvalue weighted by Gasteiger charge is 2.32. The number of ether oxygens (including phenoxy) is 3. The lowest BCUT2D eigenvalue weighted by molar-refractivity contribution is -0.00558. The number of rotatable bonds is 5. The second kappa shape index (κ2) is 10.1. The summed E-state index contributed by atoms with van der Waals surface area (Å²) in [5, 5.41) is 0. The number of fused-ring (bicyclic) bond motifs is 1. The van der Waals surface area contributed by atoms with Gasteiger partial charge in [0.25, 0.3) is 5.91 Å². The van der Waals surface area contributed by atoms with Crippen molar-refractivity contribution in [3.8, 4) is 22.9 Å². The average Bonchev–Trinajstić information content (AvgIpc) is 2.91. The molecule has 8 heteroatoms. The summed E-state index contributed by atoms with van der Waals surface area (Å²) in [6, 6.07) is 15.3. The van der Waals surface area contributed by atoms with Gasteiger partial charge in [0.1, 0.15) is 17.3 Å². The van der Waals surface area contributed by atoms with Gasteiger partial charge in [-0.05, 0) is 26.0 Å². The molecule has 0 aliphatic carbocycles. The van der Waals surface area contributed by atoms with Crippen LogP contribution in [0.5, 0.6) is 11.5 Å². The predicted molar refractivity (Wildman–Crippen MR) is 138 cm³/mol. The van der Waals surface area contributed by atoms with E-state index in [9.17, 15) is 4.79 Å². The smallest absolute Gasteiger partial charge is 0.257 e. The molecule has 2 aliphatic heterocycles. The summed E-state index contributed by atoms with van der Waals surface area (Å²) in [5.74, 6) is 2.67. The zero-order chi connectivity index (χ0) is 25.2. The van der Waals surface area contributed by atoms with Crippen LogP contribution in [0.15, 0.2) is 48.5 Å². The minimum absolute atomic E-state index is 0.0815. The molecule has 1 aromatic heterocycles. The first-order valence-corrected chi connectivity index (χ1v) is 12.3. The molecule has 8 nitrogen and oxygen atoms in total. The first-order valence-electron chi connectivity index (χ1n) is 12.3. The number of amides is 1. The first-order chi connectivity index (χ1) is 17.5. The van der Waals surface area contributed by atoms with Crippen LogP contribution in [0.3, 0.4) is 0 Å². The van der Waals surface area contributed by atoms with Gasteiger partial charge in [-0.15, -0.1) is 0 Å². The number of carbonyl (C=O) groups excluding carboxylic acids is 1. The lowest BCUT2D eigenvalue weighted by atomic mass is 10.0. The Morgan fingerprint density at radius 1 is 1.00 bits per heavy atom. The van der Waals surface area contributed by atoms with E-state index >= 15 is 0 Å². The highest BCUT2D eigenvalue weighted by Crippen LogP contribution is 2.33. The number of aromatic nitrogens is 2. The van der Waals surface area contributed by atoms with Crippen LogP contribution >= 0.6 is 0 Å². The third-order valence-electron chi connectivity index (χ3n) is 6.72. The topological polar surface area (TPSA) is 77.0 Å². The standard InChI is InChI=1S/C28H32N4O4/c1-18-15-32(16-19(2)36-18)27-23-17-31(28(33)22-11-10-21(34-3)14-25(22)35-4)13-12-24(23)29-26(30-27)20-8-6-5-7-9-20/h5-11,14,18-19H,12-13,15-17H2,1-4H3. The molecular weight excluding hydrogens is 456 g/mol. The molecule has 3 heterocycles. The van der Waals surface area contributed by atoms with Crippen molar-refractivity contribution < 1.29 is 19.0 Å². The van der Waals surface area contributed by atoms with Gasteiger partial charge in [0.2, 0.25) is 0 Å². The highest BCUT2D eigenvalue weighted by molar-refractivity contribution is 5.97. The summed E-state index contributed by atoms with van der Waals surface area (Å²) >= 11 is 0. The second-order valence-corrected chi connectivity index (χ2v) is 9.37. The molecule has 2 aliphatic rings. The second-order valence-electron chi connectivity index (χ2n) is 9.37. The van der Waals surface area contributed by atoms with Gasteiger partial charge in [-0.25, -0.2) is 9.97 Å². The molecule has 0 saturated carbocycles. The monoisotopic (exact) mass is 488 g/mol. The van der Waals surface area contributed by atoms with Crippen LogP contribution in [0, 0.1) is 0 Å². The molecule has 2 unspecified atom stereocenters. The quantitative estimate of drug-likeness (QED) is 0.538. The number of benzene rings is 2. The van der Waals surface area contributed by atoms with E-state index in [0.717, 1.165) is 35.7 Å². The zero-order valence-electron chi connectivity index (χ0n) is 21.2. The van der Waals surface area contributed by atoms with Gasteiger partial charge in [-0.1, -0.05) is 30.3 Å². The summed E-state index contributed by atoms with van der Waals surface area (Å²) in [6.45, 7) is 6.65. The predicted octanol–water partition coefficient (Wildman–Crippen LogP) is 3.97. The van der Waals surface area contributed by atoms with Gasteiger partial charge in [0.15, 0.2) is 5.82 Å². The Bertz CT molecular complexity index is 1240. The molecule has 0 radical (unpaired) electrons. The Hall–Kier alpha value is -3.65. The average molecular weight is 489 g/mol. The van der Waals surface area contributed by atoms with E-state index in [1.54, 1.807) is 32.4 Å². The van der Waals surface area contributed by atoms with E-state index in [1.165, 1.54) is 0 Å². The van der Waals surface area contributed by atoms with Crippen LogP contribution in [-0.2, 0) is 17.7 Å². The van der Waals surface area contributed by atoms with Crippen molar-refractivity contribution in [2.75, 3.05) is 38.8 Å². The van der Waals surface area contributed by atoms with E-state index in [-0.39, 0.29) is 18.1 Å². The van der Waals surface area contributed by atoms with Crippen molar-refractivity contribution in [3.05, 3.63) is 65.4 Å². The van der Waals surface area contributed by atoms with Gasteiger partial charge < -0.3 is 24.0 Å². The summed E-state index contributed by atoms with van der Waals surface area (Å²) in [5.41, 5.74) is 3.50. The number of methoxy groups -OCH3 is 2. The Labute approximate surface area is 211 Å². The molecule has 36 heavy (non-hydrogen) atoms. The molecule has 2 atom stereocenters. The summed E-state index contributed by atoms with van der Waals surface area (Å²) in [4.78, 5) is 27.7. The van der Waals surface area contributed by atoms with E-state index < -0.39 is 0 Å². The van der Waals surface area contributed by atoms with Crippen molar-refractivity contribution >= 4 is 11.7 Å². The molecule has 0 spiro atoms. The molecule has 188 valence electrons. The van der Waals surface area contributed by atoms with Crippen LogP contribution in [-0.4, -0.2) is 66.8 Å². The third-order valence-corrected chi connectivity index (χ3v) is 6.72. The normalized spacial score (nSPS) is 19.6. The van der Waals surface area contributed by atoms with E-state index in [1.807, 2.05) is 35.2 Å². The van der Waals surface area contributed by atoms with Gasteiger partial charge in [-0.2, -0.15) is 0 Å². The summed E-state index contributed by atoms with van der Waals surface area (Å²) in [7, 11) is 3.16. The SMILES string of the molecule is COc1ccc(C(=O)N2CCc3nc(-c4ccccc4)nc(N4CC(C)OC(C)C4)c3C2)c(OC)c1. The lowest BCUT2D eigenvalue weighted by Gasteiger charge is -2.39. The fourth-order valence-corrected chi connectivity index (χ4v) is 5.04. The molecule has 1 amide bonds. The molecule has 1 saturated heterocycles. The fraction of sp³-hybridized carbons (Fsp3) is 0.393. The molecule has 5 rings (SSSR count). The minimum atomic E-state index is -0.0815. The van der Waals surface area contributed by atoms with Crippen LogP contribution in [0.1, 0.15) is 35.5 Å². The van der Waals surface area contributed by atoms with Crippen LogP contribution in [0.4, 0.5) is 5.82 Å². The number of morpholine rings is 1. The Kier molecular flexibility index (Phi) is 6.78.